The van der Waals surface area contributed by atoms with E-state index in [9.17, 15) is 5.11 Å². The first-order valence-electron chi connectivity index (χ1n) is 5.23. The molecule has 2 heteroatoms. The van der Waals surface area contributed by atoms with Crippen molar-refractivity contribution in [1.29, 1.82) is 0 Å². The minimum absolute atomic E-state index is 0.135. The molecule has 2 nitrogen and oxygen atoms in total. The van der Waals surface area contributed by atoms with Gasteiger partial charge in [-0.15, -0.1) is 0 Å². The average Bonchev–Trinajstić information content (AvgIpc) is 2.59. The number of aliphatic hydroxyl groups is 1. The van der Waals surface area contributed by atoms with Gasteiger partial charge in [-0.05, 0) is 38.7 Å². The van der Waals surface area contributed by atoms with Crippen molar-refractivity contribution in [3.63, 3.8) is 0 Å². The summed E-state index contributed by atoms with van der Waals surface area (Å²) >= 11 is 0. The van der Waals surface area contributed by atoms with Crippen molar-refractivity contribution >= 4 is 0 Å². The minimum atomic E-state index is -0.596. The number of hydrogen-bond donors (Lipinski definition) is 1. The first-order chi connectivity index (χ1) is 6.47. The predicted octanol–water partition coefficient (Wildman–Crippen LogP) is 2.78. The van der Waals surface area contributed by atoms with Crippen molar-refractivity contribution in [2.24, 2.45) is 0 Å². The van der Waals surface area contributed by atoms with Gasteiger partial charge in [-0.25, -0.2) is 0 Å². The second-order valence-electron chi connectivity index (χ2n) is 4.93. The fourth-order valence-corrected chi connectivity index (χ4v) is 2.68. The molecule has 2 rings (SSSR count). The Morgan fingerprint density at radius 1 is 1.29 bits per heavy atom. The molecule has 1 fully saturated rings. The van der Waals surface area contributed by atoms with E-state index in [-0.39, 0.29) is 5.41 Å². The van der Waals surface area contributed by atoms with Gasteiger partial charge < -0.3 is 9.52 Å². The minimum Gasteiger partial charge on any atom is -0.472 e. The van der Waals surface area contributed by atoms with Crippen LogP contribution in [0.2, 0.25) is 0 Å². The lowest BCUT2D eigenvalue weighted by Gasteiger charge is -2.36. The lowest BCUT2D eigenvalue weighted by molar-refractivity contribution is 0.00643. The van der Waals surface area contributed by atoms with Gasteiger partial charge in [0.05, 0.1) is 18.1 Å². The first kappa shape index (κ1) is 9.78. The Morgan fingerprint density at radius 2 is 2.00 bits per heavy atom. The molecule has 1 saturated carbocycles. The molecule has 1 N–H and O–H groups in total. The molecule has 0 spiro atoms. The molecule has 0 bridgehead atoms. The summed E-state index contributed by atoms with van der Waals surface area (Å²) in [6.45, 7) is 6.11. The maximum absolute atomic E-state index is 10.4. The molecule has 0 aromatic carbocycles. The van der Waals surface area contributed by atoms with Crippen molar-refractivity contribution in [2.75, 3.05) is 0 Å². The highest BCUT2D eigenvalue weighted by molar-refractivity contribution is 5.33. The molecule has 0 radical (unpaired) electrons. The third-order valence-corrected chi connectivity index (χ3v) is 3.98. The molecule has 78 valence electrons. The normalized spacial score (nSPS) is 37.7. The van der Waals surface area contributed by atoms with Gasteiger partial charge in [0.25, 0.3) is 0 Å². The summed E-state index contributed by atoms with van der Waals surface area (Å²) < 4.78 is 5.21. The van der Waals surface area contributed by atoms with Crippen LogP contribution in [0.4, 0.5) is 0 Å². The largest absolute Gasteiger partial charge is 0.472 e. The molecule has 1 aliphatic rings. The Morgan fingerprint density at radius 3 is 2.43 bits per heavy atom. The second-order valence-corrected chi connectivity index (χ2v) is 4.93. The van der Waals surface area contributed by atoms with Crippen LogP contribution < -0.4 is 0 Å². The monoisotopic (exact) mass is 194 g/mol. The summed E-state index contributed by atoms with van der Waals surface area (Å²) in [5, 5.41) is 10.4. The third-order valence-electron chi connectivity index (χ3n) is 3.98. The van der Waals surface area contributed by atoms with Gasteiger partial charge in [0.1, 0.15) is 0 Å². The van der Waals surface area contributed by atoms with E-state index in [0.29, 0.717) is 0 Å². The summed E-state index contributed by atoms with van der Waals surface area (Å²) in [6, 6.07) is 0. The van der Waals surface area contributed by atoms with Gasteiger partial charge in [0, 0.05) is 11.0 Å². The number of rotatable bonds is 1. The van der Waals surface area contributed by atoms with E-state index in [1.165, 1.54) is 5.56 Å². The maximum Gasteiger partial charge on any atom is 0.0943 e. The smallest absolute Gasteiger partial charge is 0.0943 e. The summed E-state index contributed by atoms with van der Waals surface area (Å²) in [4.78, 5) is 0. The van der Waals surface area contributed by atoms with E-state index < -0.39 is 5.60 Å². The molecule has 1 aromatic heterocycles. The summed E-state index contributed by atoms with van der Waals surface area (Å²) in [5.74, 6) is 0. The van der Waals surface area contributed by atoms with E-state index in [0.717, 1.165) is 24.8 Å². The predicted molar refractivity (Wildman–Crippen MR) is 55.3 cm³/mol. The van der Waals surface area contributed by atoms with Gasteiger partial charge >= 0.3 is 0 Å². The highest BCUT2D eigenvalue weighted by Crippen LogP contribution is 2.49. The van der Waals surface area contributed by atoms with Gasteiger partial charge in [-0.2, -0.15) is 0 Å². The van der Waals surface area contributed by atoms with E-state index in [1.54, 1.807) is 12.5 Å². The molecule has 1 heterocycles. The zero-order chi connectivity index (χ0) is 10.4. The molecule has 0 aliphatic heterocycles. The molecule has 0 amide bonds. The van der Waals surface area contributed by atoms with E-state index in [2.05, 4.69) is 6.92 Å². The molecule has 0 saturated heterocycles. The summed E-state index contributed by atoms with van der Waals surface area (Å²) in [6.07, 6.45) is 6.56. The highest BCUT2D eigenvalue weighted by atomic mass is 16.3. The van der Waals surface area contributed by atoms with Gasteiger partial charge in [0.15, 0.2) is 0 Å². The standard InChI is InChI=1S/C12H18O2/c1-9-7-14-8-10(9)11(2)5-4-6-12(11,3)13/h7-8,13H,4-6H2,1-3H3. The summed E-state index contributed by atoms with van der Waals surface area (Å²) in [5.41, 5.74) is 1.58. The second kappa shape index (κ2) is 2.86. The lowest BCUT2D eigenvalue weighted by Crippen LogP contribution is -2.42. The van der Waals surface area contributed by atoms with E-state index >= 15 is 0 Å². The van der Waals surface area contributed by atoms with Crippen LogP contribution in [0.3, 0.4) is 0 Å². The van der Waals surface area contributed by atoms with E-state index in [4.69, 9.17) is 4.42 Å². The van der Waals surface area contributed by atoms with Crippen molar-refractivity contribution in [1.82, 2.24) is 0 Å². The van der Waals surface area contributed by atoms with Gasteiger partial charge in [0.2, 0.25) is 0 Å². The van der Waals surface area contributed by atoms with Crippen LogP contribution in [0, 0.1) is 6.92 Å². The fraction of sp³-hybridized carbons (Fsp3) is 0.667. The molecule has 1 aromatic rings. The van der Waals surface area contributed by atoms with Crippen LogP contribution >= 0.6 is 0 Å². The molecular formula is C12H18O2. The van der Waals surface area contributed by atoms with Crippen LogP contribution in [0.5, 0.6) is 0 Å². The summed E-state index contributed by atoms with van der Waals surface area (Å²) in [7, 11) is 0. The van der Waals surface area contributed by atoms with Crippen molar-refractivity contribution < 1.29 is 9.52 Å². The van der Waals surface area contributed by atoms with Gasteiger partial charge in [-0.3, -0.25) is 0 Å². The Bertz CT molecular complexity index is 338. The lowest BCUT2D eigenvalue weighted by atomic mass is 9.71. The molecular weight excluding hydrogens is 176 g/mol. The highest BCUT2D eigenvalue weighted by Gasteiger charge is 2.49. The Kier molecular flexibility index (Phi) is 2.00. The van der Waals surface area contributed by atoms with Crippen molar-refractivity contribution in [3.8, 4) is 0 Å². The number of hydrogen-bond acceptors (Lipinski definition) is 2. The zero-order valence-electron chi connectivity index (χ0n) is 9.13. The van der Waals surface area contributed by atoms with Crippen LogP contribution in [-0.2, 0) is 5.41 Å². The molecule has 2 atom stereocenters. The Labute approximate surface area is 84.9 Å². The first-order valence-corrected chi connectivity index (χ1v) is 5.23. The fourth-order valence-electron chi connectivity index (χ4n) is 2.68. The van der Waals surface area contributed by atoms with Crippen LogP contribution in [0.1, 0.15) is 44.2 Å². The number of furan rings is 1. The molecule has 1 aliphatic carbocycles. The van der Waals surface area contributed by atoms with Crippen LogP contribution in [-0.4, -0.2) is 10.7 Å². The number of aryl methyl sites for hydroxylation is 1. The Hall–Kier alpha value is -0.760. The third kappa shape index (κ3) is 1.13. The van der Waals surface area contributed by atoms with E-state index in [1.807, 2.05) is 13.8 Å². The van der Waals surface area contributed by atoms with Crippen molar-refractivity contribution in [2.45, 2.75) is 51.0 Å². The quantitative estimate of drug-likeness (QED) is 0.745. The SMILES string of the molecule is Cc1cocc1C1(C)CCCC1(C)O. The maximum atomic E-state index is 10.4. The topological polar surface area (TPSA) is 33.4 Å². The van der Waals surface area contributed by atoms with Crippen LogP contribution in [0.25, 0.3) is 0 Å². The zero-order valence-corrected chi connectivity index (χ0v) is 9.13. The van der Waals surface area contributed by atoms with Crippen LogP contribution in [0.15, 0.2) is 16.9 Å². The molecule has 14 heavy (non-hydrogen) atoms. The Balaban J connectivity index is 2.47. The van der Waals surface area contributed by atoms with Crippen molar-refractivity contribution in [3.05, 3.63) is 23.7 Å². The average molecular weight is 194 g/mol. The van der Waals surface area contributed by atoms with Gasteiger partial charge in [-0.1, -0.05) is 6.92 Å². The molecule has 2 unspecified atom stereocenters.